The van der Waals surface area contributed by atoms with E-state index in [1.807, 2.05) is 12.1 Å². The zero-order valence-electron chi connectivity index (χ0n) is 11.9. The average Bonchev–Trinajstić information content (AvgIpc) is 3.00. The van der Waals surface area contributed by atoms with Crippen LogP contribution in [0, 0.1) is 0 Å². The molecule has 0 amide bonds. The first kappa shape index (κ1) is 17.4. The summed E-state index contributed by atoms with van der Waals surface area (Å²) in [7, 11) is -1.98. The molecule has 2 aromatic rings. The lowest BCUT2D eigenvalue weighted by Gasteiger charge is -2.09. The van der Waals surface area contributed by atoms with E-state index >= 15 is 0 Å². The maximum atomic E-state index is 12.2. The van der Waals surface area contributed by atoms with Gasteiger partial charge in [0.1, 0.15) is 11.5 Å². The summed E-state index contributed by atoms with van der Waals surface area (Å²) in [5.41, 5.74) is 0. The van der Waals surface area contributed by atoms with E-state index in [1.54, 1.807) is 24.1 Å². The quantitative estimate of drug-likeness (QED) is 0.682. The molecule has 0 unspecified atom stereocenters. The fourth-order valence-corrected chi connectivity index (χ4v) is 4.35. The van der Waals surface area contributed by atoms with Gasteiger partial charge in [-0.2, -0.15) is 11.8 Å². The summed E-state index contributed by atoms with van der Waals surface area (Å²) < 4.78 is 37.8. The molecule has 8 heteroatoms. The van der Waals surface area contributed by atoms with Gasteiger partial charge in [-0.3, -0.25) is 0 Å². The highest BCUT2D eigenvalue weighted by molar-refractivity contribution is 9.10. The van der Waals surface area contributed by atoms with Crippen LogP contribution >= 0.6 is 27.7 Å². The van der Waals surface area contributed by atoms with Crippen LogP contribution in [0.15, 0.2) is 50.4 Å². The van der Waals surface area contributed by atoms with E-state index in [1.165, 1.54) is 19.2 Å². The topological polar surface area (TPSA) is 68.5 Å². The highest BCUT2D eigenvalue weighted by Gasteiger charge is 2.15. The summed E-state index contributed by atoms with van der Waals surface area (Å²) in [4.78, 5) is 0.205. The molecule has 0 fully saturated rings. The van der Waals surface area contributed by atoms with Crippen molar-refractivity contribution in [3.8, 4) is 5.75 Å². The molecule has 22 heavy (non-hydrogen) atoms. The first-order valence-corrected chi connectivity index (χ1v) is 9.89. The average molecular weight is 406 g/mol. The van der Waals surface area contributed by atoms with Gasteiger partial charge in [-0.05, 0) is 46.3 Å². The summed E-state index contributed by atoms with van der Waals surface area (Å²) in [6.45, 7) is 0.358. The Morgan fingerprint density at radius 1 is 1.36 bits per heavy atom. The SMILES string of the molecule is COc1ccc(S(=O)(=O)NCCSCc2ccco2)cc1Br. The minimum Gasteiger partial charge on any atom is -0.496 e. The van der Waals surface area contributed by atoms with Crippen molar-refractivity contribution in [2.75, 3.05) is 19.4 Å². The molecular formula is C14H16BrNO4S2. The summed E-state index contributed by atoms with van der Waals surface area (Å²) in [5, 5.41) is 0. The van der Waals surface area contributed by atoms with Crippen molar-refractivity contribution >= 4 is 37.7 Å². The van der Waals surface area contributed by atoms with Crippen LogP contribution in [0.3, 0.4) is 0 Å². The normalized spacial score (nSPS) is 11.5. The van der Waals surface area contributed by atoms with E-state index in [2.05, 4.69) is 20.7 Å². The lowest BCUT2D eigenvalue weighted by atomic mass is 10.3. The van der Waals surface area contributed by atoms with Crippen LogP contribution in [-0.4, -0.2) is 27.8 Å². The number of sulfonamides is 1. The van der Waals surface area contributed by atoms with Gasteiger partial charge in [0, 0.05) is 12.3 Å². The van der Waals surface area contributed by atoms with Gasteiger partial charge in [-0.1, -0.05) is 0 Å². The predicted octanol–water partition coefficient (Wildman–Crippen LogP) is 3.26. The first-order valence-electron chi connectivity index (χ1n) is 6.46. The molecule has 2 rings (SSSR count). The lowest BCUT2D eigenvalue weighted by Crippen LogP contribution is -2.26. The van der Waals surface area contributed by atoms with Crippen molar-refractivity contribution < 1.29 is 17.6 Å². The van der Waals surface area contributed by atoms with E-state index in [0.717, 1.165) is 11.5 Å². The van der Waals surface area contributed by atoms with Crippen molar-refractivity contribution in [1.29, 1.82) is 0 Å². The number of hydrogen-bond donors (Lipinski definition) is 1. The van der Waals surface area contributed by atoms with Gasteiger partial charge in [-0.15, -0.1) is 0 Å². The summed E-state index contributed by atoms with van der Waals surface area (Å²) >= 11 is 4.89. The second kappa shape index (κ2) is 8.05. The molecule has 0 aliphatic rings. The van der Waals surface area contributed by atoms with Gasteiger partial charge in [0.25, 0.3) is 0 Å². The largest absolute Gasteiger partial charge is 0.496 e. The fourth-order valence-electron chi connectivity index (χ4n) is 1.71. The minimum absolute atomic E-state index is 0.205. The molecule has 0 atom stereocenters. The maximum absolute atomic E-state index is 12.2. The molecular weight excluding hydrogens is 390 g/mol. The Morgan fingerprint density at radius 3 is 2.82 bits per heavy atom. The van der Waals surface area contributed by atoms with Crippen LogP contribution < -0.4 is 9.46 Å². The molecule has 1 N–H and O–H groups in total. The molecule has 0 saturated heterocycles. The van der Waals surface area contributed by atoms with Gasteiger partial charge >= 0.3 is 0 Å². The van der Waals surface area contributed by atoms with E-state index in [0.29, 0.717) is 22.5 Å². The number of hydrogen-bond acceptors (Lipinski definition) is 5. The highest BCUT2D eigenvalue weighted by Crippen LogP contribution is 2.27. The van der Waals surface area contributed by atoms with Crippen LogP contribution in [0.1, 0.15) is 5.76 Å². The first-order chi connectivity index (χ1) is 10.5. The molecule has 1 heterocycles. The molecule has 1 aromatic carbocycles. The smallest absolute Gasteiger partial charge is 0.240 e. The van der Waals surface area contributed by atoms with Crippen molar-refractivity contribution in [3.05, 3.63) is 46.8 Å². The molecule has 1 aromatic heterocycles. The molecule has 120 valence electrons. The van der Waals surface area contributed by atoms with Crippen LogP contribution in [0.5, 0.6) is 5.75 Å². The Balaban J connectivity index is 1.84. The van der Waals surface area contributed by atoms with E-state index < -0.39 is 10.0 Å². The highest BCUT2D eigenvalue weighted by atomic mass is 79.9. The molecule has 0 radical (unpaired) electrons. The van der Waals surface area contributed by atoms with Gasteiger partial charge < -0.3 is 9.15 Å². The maximum Gasteiger partial charge on any atom is 0.240 e. The second-order valence-corrected chi connectivity index (χ2v) is 8.05. The molecule has 0 spiro atoms. The number of ether oxygens (including phenoxy) is 1. The predicted molar refractivity (Wildman–Crippen MR) is 90.8 cm³/mol. The van der Waals surface area contributed by atoms with Crippen molar-refractivity contribution in [1.82, 2.24) is 4.72 Å². The van der Waals surface area contributed by atoms with Crippen LogP contribution in [0.2, 0.25) is 0 Å². The number of nitrogens with one attached hydrogen (secondary N) is 1. The Kier molecular flexibility index (Phi) is 6.37. The van der Waals surface area contributed by atoms with E-state index in [-0.39, 0.29) is 4.90 Å². The molecule has 0 bridgehead atoms. The molecule has 5 nitrogen and oxygen atoms in total. The standard InChI is InChI=1S/C14H16BrNO4S2/c1-19-14-5-4-12(9-13(14)15)22(17,18)16-6-8-21-10-11-3-2-7-20-11/h2-5,7,9,16H,6,8,10H2,1H3. The summed E-state index contributed by atoms with van der Waals surface area (Å²) in [6, 6.07) is 8.38. The van der Waals surface area contributed by atoms with Crippen LogP contribution in [0.25, 0.3) is 0 Å². The Bertz CT molecular complexity index is 702. The van der Waals surface area contributed by atoms with Crippen molar-refractivity contribution in [2.24, 2.45) is 0 Å². The molecule has 0 aliphatic heterocycles. The van der Waals surface area contributed by atoms with Crippen LogP contribution in [-0.2, 0) is 15.8 Å². The van der Waals surface area contributed by atoms with Crippen LogP contribution in [0.4, 0.5) is 0 Å². The monoisotopic (exact) mass is 405 g/mol. The number of benzene rings is 1. The number of halogens is 1. The fraction of sp³-hybridized carbons (Fsp3) is 0.286. The number of furan rings is 1. The van der Waals surface area contributed by atoms with Gasteiger partial charge in [-0.25, -0.2) is 13.1 Å². The second-order valence-electron chi connectivity index (χ2n) is 4.33. The van der Waals surface area contributed by atoms with Gasteiger partial charge in [0.05, 0.1) is 28.5 Å². The van der Waals surface area contributed by atoms with Crippen molar-refractivity contribution in [2.45, 2.75) is 10.6 Å². The summed E-state index contributed by atoms with van der Waals surface area (Å²) in [5.74, 6) is 2.86. The summed E-state index contributed by atoms with van der Waals surface area (Å²) in [6.07, 6.45) is 1.63. The third-order valence-corrected chi connectivity index (χ3v) is 5.86. The lowest BCUT2D eigenvalue weighted by molar-refractivity contribution is 0.411. The number of thioether (sulfide) groups is 1. The Labute approximate surface area is 142 Å². The number of rotatable bonds is 8. The Morgan fingerprint density at radius 2 is 2.18 bits per heavy atom. The van der Waals surface area contributed by atoms with E-state index in [9.17, 15) is 8.42 Å². The van der Waals surface area contributed by atoms with Gasteiger partial charge in [0.2, 0.25) is 10.0 Å². The molecule has 0 saturated carbocycles. The third-order valence-electron chi connectivity index (χ3n) is 2.80. The number of methoxy groups -OCH3 is 1. The van der Waals surface area contributed by atoms with Crippen molar-refractivity contribution in [3.63, 3.8) is 0 Å². The minimum atomic E-state index is -3.51. The van der Waals surface area contributed by atoms with Gasteiger partial charge in [0.15, 0.2) is 0 Å². The Hall–Kier alpha value is -0.960. The molecule has 0 aliphatic carbocycles. The zero-order valence-corrected chi connectivity index (χ0v) is 15.1. The van der Waals surface area contributed by atoms with E-state index in [4.69, 9.17) is 9.15 Å². The third kappa shape index (κ3) is 4.77. The zero-order chi connectivity index (χ0) is 16.0.